The third kappa shape index (κ3) is 4.19. The minimum absolute atomic E-state index is 0.0625. The van der Waals surface area contributed by atoms with Gasteiger partial charge in [0.15, 0.2) is 0 Å². The lowest BCUT2D eigenvalue weighted by molar-refractivity contribution is -0.132. The smallest absolute Gasteiger partial charge is 0.235 e. The van der Waals surface area contributed by atoms with E-state index in [0.717, 1.165) is 17.1 Å². The van der Waals surface area contributed by atoms with Crippen LogP contribution in [-0.4, -0.2) is 36.3 Å². The molecule has 0 heterocycles. The second-order valence-corrected chi connectivity index (χ2v) is 7.63. The first-order valence-electron chi connectivity index (χ1n) is 8.10. The summed E-state index contributed by atoms with van der Waals surface area (Å²) in [5.41, 5.74) is 0. The summed E-state index contributed by atoms with van der Waals surface area (Å²) in [6, 6.07) is 8.30. The zero-order valence-corrected chi connectivity index (χ0v) is 14.9. The second kappa shape index (κ2) is 7.91. The topological polar surface area (TPSA) is 29.5 Å². The van der Waals surface area contributed by atoms with Crippen LogP contribution in [0.5, 0.6) is 5.75 Å². The Balaban J connectivity index is 1.95. The maximum Gasteiger partial charge on any atom is 0.235 e. The van der Waals surface area contributed by atoms with Gasteiger partial charge in [-0.3, -0.25) is 4.79 Å². The van der Waals surface area contributed by atoms with Crippen LogP contribution in [0, 0.1) is 5.92 Å². The number of benzene rings is 1. The van der Waals surface area contributed by atoms with Crippen molar-refractivity contribution in [3.63, 3.8) is 0 Å². The molecule has 22 heavy (non-hydrogen) atoms. The number of methoxy groups -OCH3 is 1. The summed E-state index contributed by atoms with van der Waals surface area (Å²) in [6.07, 6.45) is 4.92. The number of ether oxygens (including phenoxy) is 1. The number of carbonyl (C=O) groups is 1. The van der Waals surface area contributed by atoms with E-state index in [0.29, 0.717) is 12.0 Å². The van der Waals surface area contributed by atoms with Gasteiger partial charge in [-0.1, -0.05) is 19.8 Å². The molecule has 1 aliphatic rings. The third-order valence-electron chi connectivity index (χ3n) is 4.63. The van der Waals surface area contributed by atoms with Crippen LogP contribution in [0.1, 0.15) is 39.5 Å². The van der Waals surface area contributed by atoms with Crippen LogP contribution in [0.15, 0.2) is 29.2 Å². The number of carbonyl (C=O) groups excluding carboxylic acids is 1. The molecular formula is C18H27NO2S. The van der Waals surface area contributed by atoms with Crippen molar-refractivity contribution in [1.82, 2.24) is 4.90 Å². The zero-order chi connectivity index (χ0) is 16.1. The van der Waals surface area contributed by atoms with Crippen molar-refractivity contribution >= 4 is 17.7 Å². The highest BCUT2D eigenvalue weighted by Gasteiger charge is 2.30. The van der Waals surface area contributed by atoms with E-state index in [9.17, 15) is 4.79 Å². The van der Waals surface area contributed by atoms with Crippen LogP contribution in [0.4, 0.5) is 0 Å². The van der Waals surface area contributed by atoms with Crippen LogP contribution in [0.3, 0.4) is 0 Å². The fourth-order valence-corrected chi connectivity index (χ4v) is 4.20. The fourth-order valence-electron chi connectivity index (χ4n) is 3.23. The Morgan fingerprint density at radius 2 is 1.91 bits per heavy atom. The average molecular weight is 321 g/mol. The van der Waals surface area contributed by atoms with Gasteiger partial charge < -0.3 is 9.64 Å². The number of hydrogen-bond donors (Lipinski definition) is 0. The third-order valence-corrected chi connectivity index (χ3v) is 5.73. The highest BCUT2D eigenvalue weighted by Crippen LogP contribution is 2.30. The fraction of sp³-hybridized carbons (Fsp3) is 0.611. The Bertz CT molecular complexity index is 488. The molecule has 0 spiro atoms. The Morgan fingerprint density at radius 1 is 1.27 bits per heavy atom. The van der Waals surface area contributed by atoms with Gasteiger partial charge >= 0.3 is 0 Å². The molecule has 3 unspecified atom stereocenters. The summed E-state index contributed by atoms with van der Waals surface area (Å²) in [5.74, 6) is 1.69. The summed E-state index contributed by atoms with van der Waals surface area (Å²) < 4.78 is 5.17. The average Bonchev–Trinajstić information content (AvgIpc) is 2.54. The molecule has 1 aromatic rings. The summed E-state index contributed by atoms with van der Waals surface area (Å²) in [6.45, 7) is 4.27. The van der Waals surface area contributed by atoms with E-state index in [1.54, 1.807) is 18.9 Å². The summed E-state index contributed by atoms with van der Waals surface area (Å²) in [7, 11) is 3.63. The molecule has 2 rings (SSSR count). The first-order chi connectivity index (χ1) is 10.5. The number of thioether (sulfide) groups is 1. The number of amides is 1. The van der Waals surface area contributed by atoms with Crippen molar-refractivity contribution in [2.75, 3.05) is 14.2 Å². The van der Waals surface area contributed by atoms with E-state index in [4.69, 9.17) is 4.74 Å². The number of rotatable bonds is 5. The largest absolute Gasteiger partial charge is 0.497 e. The minimum Gasteiger partial charge on any atom is -0.497 e. The van der Waals surface area contributed by atoms with Gasteiger partial charge in [-0.25, -0.2) is 0 Å². The SMILES string of the molecule is COc1ccc(SC(C)C(=O)N(C)C2CCCCC2C)cc1. The molecule has 0 bridgehead atoms. The van der Waals surface area contributed by atoms with Crippen molar-refractivity contribution in [2.45, 2.75) is 55.7 Å². The molecule has 1 amide bonds. The molecule has 1 saturated carbocycles. The lowest BCUT2D eigenvalue weighted by Gasteiger charge is -2.37. The molecule has 122 valence electrons. The monoisotopic (exact) mass is 321 g/mol. The molecule has 3 nitrogen and oxygen atoms in total. The molecule has 0 radical (unpaired) electrons. The predicted octanol–water partition coefficient (Wildman–Crippen LogP) is 4.21. The molecule has 1 aliphatic carbocycles. The van der Waals surface area contributed by atoms with E-state index in [1.165, 1.54) is 19.3 Å². The van der Waals surface area contributed by atoms with Crippen LogP contribution >= 0.6 is 11.8 Å². The molecule has 3 atom stereocenters. The molecule has 0 N–H and O–H groups in total. The molecule has 1 aromatic carbocycles. The van der Waals surface area contributed by atoms with Gasteiger partial charge in [-0.2, -0.15) is 0 Å². The number of hydrogen-bond acceptors (Lipinski definition) is 3. The zero-order valence-electron chi connectivity index (χ0n) is 14.0. The molecule has 0 aromatic heterocycles. The van der Waals surface area contributed by atoms with Gasteiger partial charge in [0.2, 0.25) is 5.91 Å². The lowest BCUT2D eigenvalue weighted by atomic mass is 9.85. The van der Waals surface area contributed by atoms with Crippen molar-refractivity contribution in [3.05, 3.63) is 24.3 Å². The molecule has 0 aliphatic heterocycles. The highest BCUT2D eigenvalue weighted by atomic mass is 32.2. The Labute approximate surface area is 138 Å². The normalized spacial score (nSPS) is 22.9. The van der Waals surface area contributed by atoms with Gasteiger partial charge in [-0.15, -0.1) is 11.8 Å². The molecular weight excluding hydrogens is 294 g/mol. The summed E-state index contributed by atoms with van der Waals surface area (Å²) in [4.78, 5) is 15.8. The Morgan fingerprint density at radius 3 is 2.50 bits per heavy atom. The molecule has 0 saturated heterocycles. The first kappa shape index (κ1) is 17.2. The first-order valence-corrected chi connectivity index (χ1v) is 8.98. The lowest BCUT2D eigenvalue weighted by Crippen LogP contribution is -2.45. The van der Waals surface area contributed by atoms with E-state index in [1.807, 2.05) is 43.1 Å². The van der Waals surface area contributed by atoms with Crippen molar-refractivity contribution < 1.29 is 9.53 Å². The maximum absolute atomic E-state index is 12.7. The molecule has 1 fully saturated rings. The van der Waals surface area contributed by atoms with Crippen LogP contribution in [0.2, 0.25) is 0 Å². The van der Waals surface area contributed by atoms with E-state index in [-0.39, 0.29) is 11.2 Å². The standard InChI is InChI=1S/C18H27NO2S/c1-13-7-5-6-8-17(13)19(3)18(20)14(2)22-16-11-9-15(21-4)10-12-16/h9-14,17H,5-8H2,1-4H3. The Kier molecular flexibility index (Phi) is 6.18. The van der Waals surface area contributed by atoms with Crippen LogP contribution < -0.4 is 4.74 Å². The highest BCUT2D eigenvalue weighted by molar-refractivity contribution is 8.00. The van der Waals surface area contributed by atoms with E-state index >= 15 is 0 Å². The minimum atomic E-state index is -0.0625. The summed E-state index contributed by atoms with van der Waals surface area (Å²) in [5, 5.41) is -0.0625. The van der Waals surface area contributed by atoms with Gasteiger partial charge in [-0.05, 0) is 49.9 Å². The van der Waals surface area contributed by atoms with Gasteiger partial charge in [0, 0.05) is 18.0 Å². The van der Waals surface area contributed by atoms with Gasteiger partial charge in [0.05, 0.1) is 12.4 Å². The Hall–Kier alpha value is -1.16. The summed E-state index contributed by atoms with van der Waals surface area (Å²) >= 11 is 1.62. The van der Waals surface area contributed by atoms with Gasteiger partial charge in [0.25, 0.3) is 0 Å². The van der Waals surface area contributed by atoms with Crippen LogP contribution in [-0.2, 0) is 4.79 Å². The van der Waals surface area contributed by atoms with E-state index < -0.39 is 0 Å². The number of nitrogens with zero attached hydrogens (tertiary/aromatic N) is 1. The van der Waals surface area contributed by atoms with Crippen molar-refractivity contribution in [2.24, 2.45) is 5.92 Å². The second-order valence-electron chi connectivity index (χ2n) is 6.21. The van der Waals surface area contributed by atoms with Gasteiger partial charge in [0.1, 0.15) is 5.75 Å². The maximum atomic E-state index is 12.7. The van der Waals surface area contributed by atoms with Crippen molar-refractivity contribution in [3.8, 4) is 5.75 Å². The van der Waals surface area contributed by atoms with Crippen molar-refractivity contribution in [1.29, 1.82) is 0 Å². The molecule has 4 heteroatoms. The quantitative estimate of drug-likeness (QED) is 0.761. The van der Waals surface area contributed by atoms with Crippen LogP contribution in [0.25, 0.3) is 0 Å². The van der Waals surface area contributed by atoms with E-state index in [2.05, 4.69) is 6.92 Å². The predicted molar refractivity (Wildman–Crippen MR) is 92.5 cm³/mol.